The molecule has 154 valence electrons. The van der Waals surface area contributed by atoms with Crippen molar-refractivity contribution in [2.75, 3.05) is 11.9 Å². The lowest BCUT2D eigenvalue weighted by molar-refractivity contribution is 0.336. The average Bonchev–Trinajstić information content (AvgIpc) is 3.09. The topological polar surface area (TPSA) is 76.0 Å². The van der Waals surface area contributed by atoms with E-state index in [1.807, 2.05) is 18.3 Å². The van der Waals surface area contributed by atoms with E-state index in [0.717, 1.165) is 31.5 Å². The smallest absolute Gasteiger partial charge is 0.216 e. The van der Waals surface area contributed by atoms with Gasteiger partial charge in [-0.3, -0.25) is 0 Å². The average molecular weight is 409 g/mol. The molecule has 1 saturated carbocycles. The summed E-state index contributed by atoms with van der Waals surface area (Å²) >= 11 is 0. The van der Waals surface area contributed by atoms with Crippen molar-refractivity contribution in [3.63, 3.8) is 0 Å². The van der Waals surface area contributed by atoms with Crippen molar-refractivity contribution in [1.82, 2.24) is 14.5 Å². The second kappa shape index (κ2) is 8.21. The van der Waals surface area contributed by atoms with E-state index in [0.29, 0.717) is 24.2 Å². The van der Waals surface area contributed by atoms with Crippen molar-refractivity contribution >= 4 is 15.8 Å². The molecule has 0 spiro atoms. The normalized spacial score (nSPS) is 20.9. The Kier molecular flexibility index (Phi) is 6.09. The molecule has 1 aliphatic rings. The standard InChI is InChI=1S/C20H29FN4O2S/c1-20(2,3)28(26,27)22-14-15-7-9-17(10-8-15)23-19-11-12-25(24-19)18-6-4-5-16(21)13-18/h4-6,11-13,15,17,22H,7-10,14H2,1-3H3,(H,23,24)/t15-,17-. The zero-order valence-corrected chi connectivity index (χ0v) is 17.5. The number of nitrogens with zero attached hydrogens (tertiary/aromatic N) is 2. The largest absolute Gasteiger partial charge is 0.366 e. The minimum Gasteiger partial charge on any atom is -0.366 e. The van der Waals surface area contributed by atoms with Crippen LogP contribution in [0.1, 0.15) is 46.5 Å². The summed E-state index contributed by atoms with van der Waals surface area (Å²) in [4.78, 5) is 0. The Bertz CT molecular complexity index is 897. The molecule has 0 unspecified atom stereocenters. The number of anilines is 1. The summed E-state index contributed by atoms with van der Waals surface area (Å²) in [5.41, 5.74) is 0.683. The predicted octanol–water partition coefficient (Wildman–Crippen LogP) is 3.70. The number of halogens is 1. The van der Waals surface area contributed by atoms with Gasteiger partial charge in [-0.1, -0.05) is 6.07 Å². The Hall–Kier alpha value is -1.93. The van der Waals surface area contributed by atoms with E-state index in [2.05, 4.69) is 15.1 Å². The summed E-state index contributed by atoms with van der Waals surface area (Å²) in [5.74, 6) is 0.837. The minimum absolute atomic E-state index is 0.289. The van der Waals surface area contributed by atoms with E-state index >= 15 is 0 Å². The highest BCUT2D eigenvalue weighted by molar-refractivity contribution is 7.90. The summed E-state index contributed by atoms with van der Waals surface area (Å²) in [7, 11) is -3.29. The first-order valence-electron chi connectivity index (χ1n) is 9.71. The van der Waals surface area contributed by atoms with Gasteiger partial charge in [0.05, 0.1) is 10.4 Å². The Morgan fingerprint density at radius 1 is 1.18 bits per heavy atom. The molecule has 1 aromatic carbocycles. The molecule has 3 rings (SSSR count). The number of aromatic nitrogens is 2. The maximum absolute atomic E-state index is 13.4. The van der Waals surface area contributed by atoms with Crippen LogP contribution in [0.25, 0.3) is 5.69 Å². The number of hydrogen-bond acceptors (Lipinski definition) is 4. The molecule has 0 atom stereocenters. The van der Waals surface area contributed by atoms with E-state index in [9.17, 15) is 12.8 Å². The monoisotopic (exact) mass is 408 g/mol. The van der Waals surface area contributed by atoms with Crippen LogP contribution in [0.5, 0.6) is 0 Å². The fraction of sp³-hybridized carbons (Fsp3) is 0.550. The van der Waals surface area contributed by atoms with Crippen LogP contribution in [0.2, 0.25) is 0 Å². The van der Waals surface area contributed by atoms with Crippen molar-refractivity contribution in [2.45, 2.75) is 57.2 Å². The lowest BCUT2D eigenvalue weighted by atomic mass is 9.86. The molecule has 6 nitrogen and oxygen atoms in total. The highest BCUT2D eigenvalue weighted by atomic mass is 32.2. The Morgan fingerprint density at radius 3 is 2.54 bits per heavy atom. The second-order valence-corrected chi connectivity index (χ2v) is 11.0. The van der Waals surface area contributed by atoms with E-state index < -0.39 is 14.8 Å². The van der Waals surface area contributed by atoms with Crippen LogP contribution in [0.3, 0.4) is 0 Å². The van der Waals surface area contributed by atoms with Crippen LogP contribution in [0, 0.1) is 11.7 Å². The van der Waals surface area contributed by atoms with Gasteiger partial charge in [-0.15, -0.1) is 0 Å². The predicted molar refractivity (Wildman–Crippen MR) is 110 cm³/mol. The first-order valence-corrected chi connectivity index (χ1v) is 11.2. The maximum Gasteiger partial charge on any atom is 0.216 e. The number of sulfonamides is 1. The highest BCUT2D eigenvalue weighted by Crippen LogP contribution is 2.27. The number of hydrogen-bond donors (Lipinski definition) is 2. The van der Waals surface area contributed by atoms with Gasteiger partial charge in [0.1, 0.15) is 11.6 Å². The molecule has 1 heterocycles. The van der Waals surface area contributed by atoms with E-state index in [1.165, 1.54) is 12.1 Å². The molecule has 0 bridgehead atoms. The maximum atomic E-state index is 13.4. The van der Waals surface area contributed by atoms with Crippen molar-refractivity contribution in [3.05, 3.63) is 42.3 Å². The van der Waals surface area contributed by atoms with Crippen molar-refractivity contribution in [3.8, 4) is 5.69 Å². The molecule has 2 aromatic rings. The summed E-state index contributed by atoms with van der Waals surface area (Å²) in [5, 5.41) is 7.92. The van der Waals surface area contributed by atoms with Crippen LogP contribution in [-0.4, -0.2) is 35.5 Å². The Morgan fingerprint density at radius 2 is 1.89 bits per heavy atom. The number of rotatable bonds is 6. The van der Waals surface area contributed by atoms with Gasteiger partial charge in [0, 0.05) is 24.8 Å². The summed E-state index contributed by atoms with van der Waals surface area (Å²) in [6.07, 6.45) is 5.68. The van der Waals surface area contributed by atoms with E-state index in [1.54, 1.807) is 31.5 Å². The lowest BCUT2D eigenvalue weighted by Gasteiger charge is -2.30. The van der Waals surface area contributed by atoms with Gasteiger partial charge in [0.15, 0.2) is 0 Å². The van der Waals surface area contributed by atoms with Crippen LogP contribution in [0.4, 0.5) is 10.2 Å². The molecule has 0 radical (unpaired) electrons. The van der Waals surface area contributed by atoms with Gasteiger partial charge in [0.25, 0.3) is 0 Å². The third-order valence-corrected chi connectivity index (χ3v) is 7.39. The zero-order valence-electron chi connectivity index (χ0n) is 16.7. The van der Waals surface area contributed by atoms with Crippen LogP contribution in [-0.2, 0) is 10.0 Å². The third-order valence-electron chi connectivity index (χ3n) is 5.23. The van der Waals surface area contributed by atoms with Crippen molar-refractivity contribution < 1.29 is 12.8 Å². The molecular formula is C20H29FN4O2S. The van der Waals surface area contributed by atoms with Gasteiger partial charge < -0.3 is 5.32 Å². The van der Waals surface area contributed by atoms with Gasteiger partial charge in [0.2, 0.25) is 10.0 Å². The van der Waals surface area contributed by atoms with E-state index in [-0.39, 0.29) is 5.82 Å². The van der Waals surface area contributed by atoms with E-state index in [4.69, 9.17) is 0 Å². The quantitative estimate of drug-likeness (QED) is 0.764. The van der Waals surface area contributed by atoms with Gasteiger partial charge in [-0.2, -0.15) is 5.10 Å². The van der Waals surface area contributed by atoms with Gasteiger partial charge >= 0.3 is 0 Å². The molecule has 0 amide bonds. The van der Waals surface area contributed by atoms with Gasteiger partial charge in [-0.05, 0) is 70.6 Å². The molecule has 0 aliphatic heterocycles. The molecule has 0 saturated heterocycles. The molecule has 1 fully saturated rings. The molecule has 2 N–H and O–H groups in total. The summed E-state index contributed by atoms with van der Waals surface area (Å²) in [6.45, 7) is 5.62. The fourth-order valence-corrected chi connectivity index (χ4v) is 4.22. The lowest BCUT2D eigenvalue weighted by Crippen LogP contribution is -2.42. The van der Waals surface area contributed by atoms with Crippen LogP contribution < -0.4 is 10.0 Å². The summed E-state index contributed by atoms with van der Waals surface area (Å²) in [6, 6.07) is 8.52. The molecule has 28 heavy (non-hydrogen) atoms. The Balaban J connectivity index is 1.49. The Labute approximate surface area is 166 Å². The number of nitrogens with one attached hydrogen (secondary N) is 2. The number of benzene rings is 1. The van der Waals surface area contributed by atoms with Crippen molar-refractivity contribution in [1.29, 1.82) is 0 Å². The SMILES string of the molecule is CC(C)(C)S(=O)(=O)NC[C@H]1CC[C@H](Nc2ccn(-c3cccc(F)c3)n2)CC1. The van der Waals surface area contributed by atoms with Gasteiger partial charge in [-0.25, -0.2) is 22.2 Å². The minimum atomic E-state index is -3.29. The molecule has 8 heteroatoms. The highest BCUT2D eigenvalue weighted by Gasteiger charge is 2.30. The van der Waals surface area contributed by atoms with Crippen LogP contribution >= 0.6 is 0 Å². The first kappa shape index (κ1) is 20.8. The molecular weight excluding hydrogens is 379 g/mol. The zero-order chi connectivity index (χ0) is 20.4. The molecule has 1 aromatic heterocycles. The third kappa shape index (κ3) is 5.11. The summed E-state index contributed by atoms with van der Waals surface area (Å²) < 4.78 is 41.4. The first-order chi connectivity index (χ1) is 13.1. The fourth-order valence-electron chi connectivity index (χ4n) is 3.33. The second-order valence-electron chi connectivity index (χ2n) is 8.45. The van der Waals surface area contributed by atoms with Crippen LogP contribution in [0.15, 0.2) is 36.5 Å². The van der Waals surface area contributed by atoms with Crippen molar-refractivity contribution in [2.24, 2.45) is 5.92 Å². The molecule has 1 aliphatic carbocycles.